The highest BCUT2D eigenvalue weighted by Gasteiger charge is 2.33. The molecule has 0 N–H and O–H groups in total. The van der Waals surface area contributed by atoms with Gasteiger partial charge in [0, 0.05) is 13.2 Å². The van der Waals surface area contributed by atoms with Crippen LogP contribution in [0.1, 0.15) is 10.5 Å². The molecule has 0 aliphatic carbocycles. The maximum atomic E-state index is 12.0. The maximum Gasteiger partial charge on any atom is 0.276 e. The molecule has 1 aliphatic rings. The second-order valence-electron chi connectivity index (χ2n) is 4.42. The minimum absolute atomic E-state index is 0.0184. The lowest BCUT2D eigenvalue weighted by molar-refractivity contribution is 0.0172. The van der Waals surface area contributed by atoms with Crippen LogP contribution in [0.15, 0.2) is 30.7 Å². The van der Waals surface area contributed by atoms with Crippen molar-refractivity contribution in [2.24, 2.45) is 7.05 Å². The highest BCUT2D eigenvalue weighted by atomic mass is 16.5. The number of rotatable bonds is 3. The van der Waals surface area contributed by atoms with Crippen LogP contribution in [-0.2, 0) is 7.05 Å². The van der Waals surface area contributed by atoms with Crippen LogP contribution in [-0.4, -0.2) is 50.0 Å². The zero-order valence-electron chi connectivity index (χ0n) is 10.4. The number of nitrogens with zero attached hydrogens (tertiary/aromatic N) is 5. The van der Waals surface area contributed by atoms with Gasteiger partial charge >= 0.3 is 0 Å². The molecule has 0 aromatic carbocycles. The predicted molar refractivity (Wildman–Crippen MR) is 65.6 cm³/mol. The van der Waals surface area contributed by atoms with Gasteiger partial charge in [-0.1, -0.05) is 5.21 Å². The molecule has 1 amide bonds. The van der Waals surface area contributed by atoms with Gasteiger partial charge in [-0.05, 0) is 12.1 Å². The molecule has 2 aromatic heterocycles. The van der Waals surface area contributed by atoms with E-state index in [4.69, 9.17) is 4.74 Å². The van der Waals surface area contributed by atoms with Crippen molar-refractivity contribution >= 4 is 5.91 Å². The van der Waals surface area contributed by atoms with E-state index in [0.717, 1.165) is 5.75 Å². The van der Waals surface area contributed by atoms with Crippen molar-refractivity contribution in [1.29, 1.82) is 0 Å². The van der Waals surface area contributed by atoms with Crippen LogP contribution in [0.2, 0.25) is 0 Å². The summed E-state index contributed by atoms with van der Waals surface area (Å²) in [7, 11) is 1.73. The second kappa shape index (κ2) is 4.68. The second-order valence-corrected chi connectivity index (χ2v) is 4.42. The molecule has 7 nitrogen and oxygen atoms in total. The summed E-state index contributed by atoms with van der Waals surface area (Å²) >= 11 is 0. The highest BCUT2D eigenvalue weighted by molar-refractivity contribution is 5.92. The highest BCUT2D eigenvalue weighted by Crippen LogP contribution is 2.18. The minimum atomic E-state index is -0.112. The minimum Gasteiger partial charge on any atom is -0.485 e. The van der Waals surface area contributed by atoms with E-state index in [1.54, 1.807) is 30.5 Å². The SMILES string of the molecule is Cn1cc(C(=O)N2CC(Oc3cccnc3)C2)nn1. The van der Waals surface area contributed by atoms with E-state index >= 15 is 0 Å². The van der Waals surface area contributed by atoms with Gasteiger partial charge in [0.25, 0.3) is 5.91 Å². The molecule has 0 bridgehead atoms. The Morgan fingerprint density at radius 3 is 2.95 bits per heavy atom. The van der Waals surface area contributed by atoms with Crippen LogP contribution in [0.3, 0.4) is 0 Å². The van der Waals surface area contributed by atoms with Crippen molar-refractivity contribution in [1.82, 2.24) is 24.9 Å². The van der Waals surface area contributed by atoms with Gasteiger partial charge < -0.3 is 9.64 Å². The molecule has 1 fully saturated rings. The van der Waals surface area contributed by atoms with E-state index in [0.29, 0.717) is 18.8 Å². The van der Waals surface area contributed by atoms with Gasteiger partial charge in [0.05, 0.1) is 25.5 Å². The Morgan fingerprint density at radius 2 is 2.32 bits per heavy atom. The standard InChI is InChI=1S/C12H13N5O2/c1-16-8-11(14-15-16)12(18)17-6-10(7-17)19-9-3-2-4-13-5-9/h2-5,8,10H,6-7H2,1H3. The quantitative estimate of drug-likeness (QED) is 0.782. The van der Waals surface area contributed by atoms with Gasteiger partial charge in [-0.3, -0.25) is 14.5 Å². The molecule has 0 spiro atoms. The number of pyridine rings is 1. The fraction of sp³-hybridized carbons (Fsp3) is 0.333. The monoisotopic (exact) mass is 259 g/mol. The molecule has 0 unspecified atom stereocenters. The van der Waals surface area contributed by atoms with Gasteiger partial charge in [0.1, 0.15) is 11.9 Å². The van der Waals surface area contributed by atoms with Crippen molar-refractivity contribution in [3.05, 3.63) is 36.4 Å². The van der Waals surface area contributed by atoms with Crippen LogP contribution in [0.5, 0.6) is 5.75 Å². The first-order valence-electron chi connectivity index (χ1n) is 5.94. The molecule has 2 aromatic rings. The fourth-order valence-electron chi connectivity index (χ4n) is 1.90. The number of amides is 1. The van der Waals surface area contributed by atoms with Crippen molar-refractivity contribution < 1.29 is 9.53 Å². The molecule has 3 rings (SSSR count). The molecular formula is C12H13N5O2. The summed E-state index contributed by atoms with van der Waals surface area (Å²) in [5.74, 6) is 0.609. The Hall–Kier alpha value is -2.44. The number of aromatic nitrogens is 4. The van der Waals surface area contributed by atoms with E-state index in [1.165, 1.54) is 4.68 Å². The first kappa shape index (κ1) is 11.6. The summed E-state index contributed by atoms with van der Waals surface area (Å²) in [4.78, 5) is 17.6. The molecule has 0 radical (unpaired) electrons. The number of hydrogen-bond donors (Lipinski definition) is 0. The van der Waals surface area contributed by atoms with Gasteiger partial charge in [-0.25, -0.2) is 0 Å². The lowest BCUT2D eigenvalue weighted by atomic mass is 10.1. The van der Waals surface area contributed by atoms with Gasteiger partial charge in [0.2, 0.25) is 0 Å². The Balaban J connectivity index is 1.54. The third-order valence-electron chi connectivity index (χ3n) is 2.89. The number of ether oxygens (including phenoxy) is 1. The number of carbonyl (C=O) groups excluding carboxylic acids is 1. The van der Waals surface area contributed by atoms with Crippen LogP contribution < -0.4 is 4.74 Å². The van der Waals surface area contributed by atoms with Gasteiger partial charge in [-0.2, -0.15) is 0 Å². The van der Waals surface area contributed by atoms with Gasteiger partial charge in [0.15, 0.2) is 5.69 Å². The molecule has 1 saturated heterocycles. The summed E-state index contributed by atoms with van der Waals surface area (Å²) in [6.07, 6.45) is 4.98. The first-order valence-corrected chi connectivity index (χ1v) is 5.94. The number of carbonyl (C=O) groups is 1. The Kier molecular flexibility index (Phi) is 2.86. The lowest BCUT2D eigenvalue weighted by Gasteiger charge is -2.38. The normalized spacial score (nSPS) is 15.1. The average molecular weight is 259 g/mol. The summed E-state index contributed by atoms with van der Waals surface area (Å²) in [6, 6.07) is 3.66. The van der Waals surface area contributed by atoms with Crippen molar-refractivity contribution in [3.8, 4) is 5.75 Å². The molecule has 1 aliphatic heterocycles. The molecule has 7 heteroatoms. The smallest absolute Gasteiger partial charge is 0.276 e. The van der Waals surface area contributed by atoms with Crippen LogP contribution >= 0.6 is 0 Å². The molecule has 98 valence electrons. The first-order chi connectivity index (χ1) is 9.22. The third-order valence-corrected chi connectivity index (χ3v) is 2.89. The van der Waals surface area contributed by atoms with E-state index < -0.39 is 0 Å². The van der Waals surface area contributed by atoms with Crippen molar-refractivity contribution in [2.45, 2.75) is 6.10 Å². The maximum absolute atomic E-state index is 12.0. The molecule has 0 saturated carbocycles. The molecule has 19 heavy (non-hydrogen) atoms. The topological polar surface area (TPSA) is 73.1 Å². The predicted octanol–water partition coefficient (Wildman–Crippen LogP) is 0.113. The lowest BCUT2D eigenvalue weighted by Crippen LogP contribution is -2.56. The number of aryl methyl sites for hydroxylation is 1. The van der Waals surface area contributed by atoms with Crippen LogP contribution in [0.25, 0.3) is 0 Å². The van der Waals surface area contributed by atoms with Crippen LogP contribution in [0, 0.1) is 0 Å². The number of likely N-dealkylation sites (tertiary alicyclic amines) is 1. The van der Waals surface area contributed by atoms with Gasteiger partial charge in [-0.15, -0.1) is 5.10 Å². The molecular weight excluding hydrogens is 246 g/mol. The summed E-state index contributed by atoms with van der Waals surface area (Å²) in [5.41, 5.74) is 0.363. The zero-order valence-corrected chi connectivity index (χ0v) is 10.4. The largest absolute Gasteiger partial charge is 0.485 e. The molecule has 0 atom stereocenters. The molecule has 3 heterocycles. The summed E-state index contributed by atoms with van der Waals surface area (Å²) in [5, 5.41) is 7.54. The third kappa shape index (κ3) is 2.40. The Morgan fingerprint density at radius 1 is 1.47 bits per heavy atom. The van der Waals surface area contributed by atoms with E-state index in [-0.39, 0.29) is 12.0 Å². The summed E-state index contributed by atoms with van der Waals surface area (Å²) in [6.45, 7) is 1.12. The number of hydrogen-bond acceptors (Lipinski definition) is 5. The van der Waals surface area contributed by atoms with E-state index in [2.05, 4.69) is 15.3 Å². The Labute approximate surface area is 109 Å². The Bertz CT molecular complexity index is 577. The van der Waals surface area contributed by atoms with Crippen LogP contribution in [0.4, 0.5) is 0 Å². The van der Waals surface area contributed by atoms with Crippen molar-refractivity contribution in [2.75, 3.05) is 13.1 Å². The van der Waals surface area contributed by atoms with E-state index in [1.807, 2.05) is 12.1 Å². The zero-order chi connectivity index (χ0) is 13.2. The summed E-state index contributed by atoms with van der Waals surface area (Å²) < 4.78 is 7.18. The average Bonchev–Trinajstić information content (AvgIpc) is 2.80. The van der Waals surface area contributed by atoms with Crippen molar-refractivity contribution in [3.63, 3.8) is 0 Å². The fourth-order valence-corrected chi connectivity index (χ4v) is 1.90. The van der Waals surface area contributed by atoms with E-state index in [9.17, 15) is 4.79 Å².